The summed E-state index contributed by atoms with van der Waals surface area (Å²) in [5, 5.41) is 14.0. The second-order valence-corrected chi connectivity index (χ2v) is 7.78. The van der Waals surface area contributed by atoms with E-state index in [-0.39, 0.29) is 5.65 Å². The highest BCUT2D eigenvalue weighted by Crippen LogP contribution is 2.39. The molecule has 0 N–H and O–H groups in total. The molecule has 0 spiro atoms. The molecule has 3 heterocycles. The minimum atomic E-state index is -2.82. The third-order valence-corrected chi connectivity index (χ3v) is 5.63. The van der Waals surface area contributed by atoms with Crippen molar-refractivity contribution in [2.24, 2.45) is 0 Å². The first-order valence-electron chi connectivity index (χ1n) is 9.61. The van der Waals surface area contributed by atoms with Crippen molar-refractivity contribution >= 4 is 28.9 Å². The molecular weight excluding hydrogens is 424 g/mol. The predicted molar refractivity (Wildman–Crippen MR) is 113 cm³/mol. The Bertz CT molecular complexity index is 1260. The van der Waals surface area contributed by atoms with Gasteiger partial charge in [-0.25, -0.2) is 13.5 Å². The summed E-state index contributed by atoms with van der Waals surface area (Å²) in [7, 11) is 0. The number of hydrogen-bond acceptors (Lipinski definition) is 5. The van der Waals surface area contributed by atoms with E-state index in [0.29, 0.717) is 28.1 Å². The van der Waals surface area contributed by atoms with Crippen molar-refractivity contribution in [3.05, 3.63) is 65.7 Å². The Morgan fingerprint density at radius 2 is 1.52 bits per heavy atom. The Labute approximate surface area is 181 Å². The molecule has 2 aromatic heterocycles. The molecule has 1 saturated heterocycles. The number of aromatic nitrogens is 4. The number of fused-ring (bicyclic) bond motifs is 1. The van der Waals surface area contributed by atoms with Gasteiger partial charge in [0.15, 0.2) is 18.1 Å². The molecule has 4 aromatic rings. The number of halogens is 3. The van der Waals surface area contributed by atoms with E-state index in [2.05, 4.69) is 15.3 Å². The van der Waals surface area contributed by atoms with Crippen LogP contribution in [0, 0.1) is 0 Å². The zero-order chi connectivity index (χ0) is 21.6. The first kappa shape index (κ1) is 19.7. The van der Waals surface area contributed by atoms with Crippen molar-refractivity contribution in [3.63, 3.8) is 0 Å². The summed E-state index contributed by atoms with van der Waals surface area (Å²) in [4.78, 5) is 13.2. The third kappa shape index (κ3) is 3.37. The van der Waals surface area contributed by atoms with Gasteiger partial charge < -0.3 is 0 Å². The maximum atomic E-state index is 13.5. The van der Waals surface area contributed by atoms with Gasteiger partial charge in [-0.2, -0.15) is 5.10 Å². The maximum Gasteiger partial charge on any atom is 0.273 e. The van der Waals surface area contributed by atoms with Gasteiger partial charge in [0.05, 0.1) is 23.5 Å². The lowest BCUT2D eigenvalue weighted by Crippen LogP contribution is -2.58. The standard InChI is InChI=1S/C22H16ClF2N5O/c23-18-17-19(14-7-3-1-4-8-14)28-30(16(11-31)29-12-22(24,25)13-29)21(17)27-26-20(18)15-9-5-2-6-10-15/h1-11,16H,12-13H2. The van der Waals surface area contributed by atoms with E-state index in [9.17, 15) is 13.6 Å². The monoisotopic (exact) mass is 439 g/mol. The van der Waals surface area contributed by atoms with Gasteiger partial charge in [0.1, 0.15) is 11.4 Å². The van der Waals surface area contributed by atoms with Gasteiger partial charge in [-0.05, 0) is 0 Å². The number of aldehydes is 1. The number of rotatable bonds is 5. The predicted octanol–water partition coefficient (Wildman–Crippen LogP) is 4.46. The van der Waals surface area contributed by atoms with E-state index in [0.717, 1.165) is 11.1 Å². The third-order valence-electron chi connectivity index (χ3n) is 5.27. The second kappa shape index (κ2) is 7.47. The molecule has 9 heteroatoms. The number of benzene rings is 2. The molecule has 0 radical (unpaired) electrons. The molecular formula is C22H16ClF2N5O. The fourth-order valence-corrected chi connectivity index (χ4v) is 4.10. The molecule has 1 fully saturated rings. The second-order valence-electron chi connectivity index (χ2n) is 7.40. The maximum absolute atomic E-state index is 13.5. The van der Waals surface area contributed by atoms with Gasteiger partial charge in [-0.15, -0.1) is 10.2 Å². The van der Waals surface area contributed by atoms with Crippen LogP contribution in [0.15, 0.2) is 60.7 Å². The van der Waals surface area contributed by atoms with E-state index in [1.54, 1.807) is 0 Å². The number of nitrogens with zero attached hydrogens (tertiary/aromatic N) is 5. The van der Waals surface area contributed by atoms with Crippen LogP contribution < -0.4 is 0 Å². The highest BCUT2D eigenvalue weighted by atomic mass is 35.5. The summed E-state index contributed by atoms with van der Waals surface area (Å²) >= 11 is 6.79. The lowest BCUT2D eigenvalue weighted by Gasteiger charge is -2.41. The molecule has 0 amide bonds. The quantitative estimate of drug-likeness (QED) is 0.429. The number of hydrogen-bond donors (Lipinski definition) is 0. The molecule has 5 rings (SSSR count). The van der Waals surface area contributed by atoms with E-state index in [4.69, 9.17) is 11.6 Å². The average molecular weight is 440 g/mol. The Hall–Kier alpha value is -3.23. The van der Waals surface area contributed by atoms with Gasteiger partial charge in [0.25, 0.3) is 5.92 Å². The van der Waals surface area contributed by atoms with Crippen molar-refractivity contribution in [1.29, 1.82) is 0 Å². The SMILES string of the molecule is O=CC(N1CC(F)(F)C1)n1nc(-c2ccccc2)c2c(Cl)c(-c3ccccc3)nnc21. The van der Waals surface area contributed by atoms with Crippen molar-refractivity contribution < 1.29 is 13.6 Å². The minimum Gasteiger partial charge on any atom is -0.299 e. The first-order chi connectivity index (χ1) is 15.0. The fourth-order valence-electron chi connectivity index (χ4n) is 3.78. The van der Waals surface area contributed by atoms with Crippen LogP contribution in [0.25, 0.3) is 33.5 Å². The molecule has 0 saturated carbocycles. The lowest BCUT2D eigenvalue weighted by molar-refractivity contribution is -0.161. The highest BCUT2D eigenvalue weighted by Gasteiger charge is 2.48. The van der Waals surface area contributed by atoms with Gasteiger partial charge >= 0.3 is 0 Å². The van der Waals surface area contributed by atoms with Gasteiger partial charge in [-0.1, -0.05) is 72.3 Å². The van der Waals surface area contributed by atoms with E-state index in [1.807, 2.05) is 60.7 Å². The summed E-state index contributed by atoms with van der Waals surface area (Å²) in [6, 6.07) is 18.6. The van der Waals surface area contributed by atoms with Crippen LogP contribution in [0.3, 0.4) is 0 Å². The molecule has 0 aliphatic carbocycles. The fraction of sp³-hybridized carbons (Fsp3) is 0.182. The highest BCUT2D eigenvalue weighted by molar-refractivity contribution is 6.38. The van der Waals surface area contributed by atoms with Crippen LogP contribution >= 0.6 is 11.6 Å². The van der Waals surface area contributed by atoms with E-state index >= 15 is 0 Å². The summed E-state index contributed by atoms with van der Waals surface area (Å²) in [6.45, 7) is -1.05. The molecule has 2 aromatic carbocycles. The largest absolute Gasteiger partial charge is 0.299 e. The van der Waals surface area contributed by atoms with Crippen molar-refractivity contribution in [2.75, 3.05) is 13.1 Å². The van der Waals surface area contributed by atoms with Crippen molar-refractivity contribution in [3.8, 4) is 22.5 Å². The van der Waals surface area contributed by atoms with Crippen molar-refractivity contribution in [1.82, 2.24) is 24.9 Å². The Kier molecular flexibility index (Phi) is 4.75. The topological polar surface area (TPSA) is 63.9 Å². The molecule has 1 unspecified atom stereocenters. The zero-order valence-corrected chi connectivity index (χ0v) is 16.9. The van der Waals surface area contributed by atoms with Crippen LogP contribution in [-0.4, -0.2) is 50.2 Å². The normalized spacial score (nSPS) is 16.7. The van der Waals surface area contributed by atoms with Gasteiger partial charge in [-0.3, -0.25) is 9.69 Å². The summed E-state index contributed by atoms with van der Waals surface area (Å²) in [5.41, 5.74) is 2.79. The van der Waals surface area contributed by atoms with Crippen LogP contribution in [0.5, 0.6) is 0 Å². The molecule has 0 bridgehead atoms. The smallest absolute Gasteiger partial charge is 0.273 e. The Morgan fingerprint density at radius 3 is 2.06 bits per heavy atom. The summed E-state index contributed by atoms with van der Waals surface area (Å²) in [5.74, 6) is -2.82. The molecule has 31 heavy (non-hydrogen) atoms. The van der Waals surface area contributed by atoms with Crippen LogP contribution in [0.4, 0.5) is 8.78 Å². The first-order valence-corrected chi connectivity index (χ1v) is 9.99. The van der Waals surface area contributed by atoms with Crippen molar-refractivity contribution in [2.45, 2.75) is 12.1 Å². The molecule has 1 aliphatic heterocycles. The number of carbonyl (C=O) groups is 1. The Balaban J connectivity index is 1.73. The number of carbonyl (C=O) groups excluding carboxylic acids is 1. The average Bonchev–Trinajstić information content (AvgIpc) is 3.15. The lowest BCUT2D eigenvalue weighted by atomic mass is 10.1. The molecule has 1 aliphatic rings. The Morgan fingerprint density at radius 1 is 0.935 bits per heavy atom. The number of alkyl halides is 2. The van der Waals surface area contributed by atoms with Crippen LogP contribution in [0.1, 0.15) is 6.17 Å². The van der Waals surface area contributed by atoms with Crippen LogP contribution in [-0.2, 0) is 4.79 Å². The molecule has 1 atom stereocenters. The summed E-state index contributed by atoms with van der Waals surface area (Å²) in [6.07, 6.45) is -0.454. The summed E-state index contributed by atoms with van der Waals surface area (Å²) < 4.78 is 28.2. The minimum absolute atomic E-state index is 0.260. The zero-order valence-electron chi connectivity index (χ0n) is 16.1. The van der Waals surface area contributed by atoms with E-state index in [1.165, 1.54) is 9.58 Å². The van der Waals surface area contributed by atoms with Crippen LogP contribution in [0.2, 0.25) is 5.02 Å². The number of likely N-dealkylation sites (tertiary alicyclic amines) is 1. The van der Waals surface area contributed by atoms with Gasteiger partial charge in [0, 0.05) is 11.1 Å². The van der Waals surface area contributed by atoms with E-state index < -0.39 is 25.2 Å². The van der Waals surface area contributed by atoms with Gasteiger partial charge in [0.2, 0.25) is 0 Å². The molecule has 6 nitrogen and oxygen atoms in total. The molecule has 156 valence electrons.